The molecule has 5 heteroatoms. The van der Waals surface area contributed by atoms with Gasteiger partial charge in [-0.15, -0.1) is 11.3 Å². The van der Waals surface area contributed by atoms with Crippen molar-refractivity contribution >= 4 is 34.1 Å². The van der Waals surface area contributed by atoms with E-state index >= 15 is 0 Å². The molecule has 0 unspecified atom stereocenters. The first kappa shape index (κ1) is 8.68. The minimum Gasteiger partial charge on any atom is -0.423 e. The van der Waals surface area contributed by atoms with Gasteiger partial charge < -0.3 is 10.0 Å². The van der Waals surface area contributed by atoms with Crippen molar-refractivity contribution in [1.82, 2.24) is 4.98 Å². The van der Waals surface area contributed by atoms with Crippen LogP contribution >= 0.6 is 11.3 Å². The first-order valence-corrected chi connectivity index (χ1v) is 4.76. The molecule has 0 bridgehead atoms. The summed E-state index contributed by atoms with van der Waals surface area (Å²) >= 11 is 1.56. The zero-order valence-electron chi connectivity index (χ0n) is 7.06. The average Bonchev–Trinajstić information content (AvgIpc) is 2.47. The van der Waals surface area contributed by atoms with Crippen molar-refractivity contribution in [1.29, 1.82) is 0 Å². The fourth-order valence-electron chi connectivity index (χ4n) is 1.19. The summed E-state index contributed by atoms with van der Waals surface area (Å²) in [5, 5.41) is 19.8. The molecule has 3 nitrogen and oxygen atoms in total. The lowest BCUT2D eigenvalue weighted by Gasteiger charge is -1.97. The van der Waals surface area contributed by atoms with E-state index in [1.54, 1.807) is 17.4 Å². The van der Waals surface area contributed by atoms with Crippen molar-refractivity contribution < 1.29 is 10.0 Å². The number of aryl methyl sites for hydroxylation is 1. The third kappa shape index (κ3) is 1.46. The number of hydrogen-bond acceptors (Lipinski definition) is 4. The van der Waals surface area contributed by atoms with Gasteiger partial charge in [0.1, 0.15) is 0 Å². The van der Waals surface area contributed by atoms with Crippen molar-refractivity contribution in [3.05, 3.63) is 23.2 Å². The molecule has 2 heterocycles. The molecule has 2 aromatic heterocycles. The quantitative estimate of drug-likeness (QED) is 0.639. The first-order valence-electron chi connectivity index (χ1n) is 3.88. The Balaban J connectivity index is 2.63. The van der Waals surface area contributed by atoms with Crippen LogP contribution in [0, 0.1) is 6.92 Å². The molecule has 13 heavy (non-hydrogen) atoms. The molecule has 66 valence electrons. The maximum absolute atomic E-state index is 8.91. The van der Waals surface area contributed by atoms with E-state index in [2.05, 4.69) is 4.98 Å². The monoisotopic (exact) mass is 193 g/mol. The summed E-state index contributed by atoms with van der Waals surface area (Å²) in [6.45, 7) is 1.99. The van der Waals surface area contributed by atoms with E-state index in [0.717, 1.165) is 15.8 Å². The zero-order valence-corrected chi connectivity index (χ0v) is 7.88. The molecule has 0 saturated heterocycles. The van der Waals surface area contributed by atoms with Crippen LogP contribution in [0.3, 0.4) is 0 Å². The van der Waals surface area contributed by atoms with Crippen LogP contribution in [-0.4, -0.2) is 22.2 Å². The summed E-state index contributed by atoms with van der Waals surface area (Å²) < 4.78 is 0.989. The number of pyridine rings is 1. The highest BCUT2D eigenvalue weighted by Gasteiger charge is 2.12. The smallest absolute Gasteiger partial charge is 0.423 e. The Labute approximate surface area is 79.8 Å². The third-order valence-electron chi connectivity index (χ3n) is 1.91. The highest BCUT2D eigenvalue weighted by Crippen LogP contribution is 2.21. The summed E-state index contributed by atoms with van der Waals surface area (Å²) in [6.07, 6.45) is 1.49. The van der Waals surface area contributed by atoms with Gasteiger partial charge in [0.15, 0.2) is 0 Å². The van der Waals surface area contributed by atoms with Gasteiger partial charge in [0.2, 0.25) is 0 Å². The van der Waals surface area contributed by atoms with Crippen LogP contribution in [0.1, 0.15) is 5.56 Å². The number of hydrogen-bond donors (Lipinski definition) is 2. The van der Waals surface area contributed by atoms with E-state index in [1.165, 1.54) is 6.20 Å². The minimum atomic E-state index is -1.43. The van der Waals surface area contributed by atoms with E-state index in [4.69, 9.17) is 10.0 Å². The molecule has 0 atom stereocenters. The van der Waals surface area contributed by atoms with Crippen molar-refractivity contribution in [2.75, 3.05) is 0 Å². The lowest BCUT2D eigenvalue weighted by Crippen LogP contribution is -2.29. The van der Waals surface area contributed by atoms with Crippen LogP contribution in [-0.2, 0) is 0 Å². The molecule has 0 aliphatic heterocycles. The molecule has 0 fully saturated rings. The Hall–Kier alpha value is -0.905. The van der Waals surface area contributed by atoms with Crippen LogP contribution in [0.2, 0.25) is 0 Å². The number of nitrogens with zero attached hydrogens (tertiary/aromatic N) is 1. The normalized spacial score (nSPS) is 10.7. The molecule has 0 saturated carbocycles. The van der Waals surface area contributed by atoms with E-state index in [1.807, 2.05) is 12.3 Å². The van der Waals surface area contributed by atoms with Crippen LogP contribution in [0.15, 0.2) is 17.6 Å². The lowest BCUT2D eigenvalue weighted by molar-refractivity contribution is 0.425. The van der Waals surface area contributed by atoms with E-state index < -0.39 is 7.12 Å². The highest BCUT2D eigenvalue weighted by molar-refractivity contribution is 7.17. The van der Waals surface area contributed by atoms with Crippen LogP contribution in [0.25, 0.3) is 10.2 Å². The maximum Gasteiger partial charge on any atom is 0.490 e. The average molecular weight is 193 g/mol. The van der Waals surface area contributed by atoms with E-state index in [-0.39, 0.29) is 0 Å². The first-order chi connectivity index (χ1) is 6.18. The predicted molar refractivity (Wildman–Crippen MR) is 54.2 cm³/mol. The van der Waals surface area contributed by atoms with Gasteiger partial charge in [0, 0.05) is 11.7 Å². The second-order valence-electron chi connectivity index (χ2n) is 2.91. The van der Waals surface area contributed by atoms with Crippen molar-refractivity contribution in [2.24, 2.45) is 0 Å². The molecule has 0 aliphatic rings. The van der Waals surface area contributed by atoms with Gasteiger partial charge in [-0.1, -0.05) is 0 Å². The fourth-order valence-corrected chi connectivity index (χ4v) is 2.14. The summed E-state index contributed by atoms with van der Waals surface area (Å²) in [4.78, 5) is 4.15. The molecule has 0 aromatic carbocycles. The topological polar surface area (TPSA) is 53.4 Å². The molecule has 0 spiro atoms. The number of fused-ring (bicyclic) bond motifs is 1. The largest absolute Gasteiger partial charge is 0.490 e. The molecule has 0 radical (unpaired) electrons. The zero-order chi connectivity index (χ0) is 9.42. The van der Waals surface area contributed by atoms with Gasteiger partial charge in [-0.25, -0.2) is 0 Å². The second-order valence-corrected chi connectivity index (χ2v) is 3.82. The summed E-state index contributed by atoms with van der Waals surface area (Å²) in [5.74, 6) is 0. The van der Waals surface area contributed by atoms with Gasteiger partial charge in [0.25, 0.3) is 0 Å². The van der Waals surface area contributed by atoms with E-state index in [9.17, 15) is 0 Å². The van der Waals surface area contributed by atoms with Crippen molar-refractivity contribution in [3.8, 4) is 0 Å². The Bertz CT molecular complexity index is 441. The molecule has 2 N–H and O–H groups in total. The van der Waals surface area contributed by atoms with Gasteiger partial charge in [-0.2, -0.15) is 0 Å². The summed E-state index contributed by atoms with van der Waals surface area (Å²) in [7, 11) is -1.43. The molecule has 0 aliphatic carbocycles. The van der Waals surface area contributed by atoms with Crippen LogP contribution in [0.5, 0.6) is 0 Å². The second kappa shape index (κ2) is 3.10. The fraction of sp³-hybridized carbons (Fsp3) is 0.125. The van der Waals surface area contributed by atoms with Gasteiger partial charge >= 0.3 is 7.12 Å². The standard InChI is InChI=1S/C8H8BNO2S/c1-5-4-13-7-2-6(9(11)12)3-10-8(5)7/h2-4,11-12H,1H3. The predicted octanol–water partition coefficient (Wildman–Crippen LogP) is 0.285. The number of rotatable bonds is 1. The Morgan fingerprint density at radius 3 is 2.92 bits per heavy atom. The Kier molecular flexibility index (Phi) is 2.07. The Morgan fingerprint density at radius 2 is 2.23 bits per heavy atom. The summed E-state index contributed by atoms with van der Waals surface area (Å²) in [5.41, 5.74) is 2.50. The SMILES string of the molecule is Cc1csc2cc(B(O)O)cnc12. The van der Waals surface area contributed by atoms with E-state index in [0.29, 0.717) is 5.46 Å². The lowest BCUT2D eigenvalue weighted by atomic mass is 9.82. The molecule has 2 aromatic rings. The maximum atomic E-state index is 8.91. The van der Waals surface area contributed by atoms with Gasteiger partial charge in [-0.3, -0.25) is 4.98 Å². The molecular weight excluding hydrogens is 185 g/mol. The minimum absolute atomic E-state index is 0.439. The number of thiophene rings is 1. The molecular formula is C8H8BNO2S. The number of aromatic nitrogens is 1. The third-order valence-corrected chi connectivity index (χ3v) is 2.94. The van der Waals surface area contributed by atoms with Gasteiger partial charge in [0.05, 0.1) is 10.2 Å². The van der Waals surface area contributed by atoms with Crippen LogP contribution in [0.4, 0.5) is 0 Å². The van der Waals surface area contributed by atoms with Crippen LogP contribution < -0.4 is 5.46 Å². The molecule has 0 amide bonds. The van der Waals surface area contributed by atoms with Crippen molar-refractivity contribution in [3.63, 3.8) is 0 Å². The molecule has 2 rings (SSSR count). The Morgan fingerprint density at radius 1 is 1.46 bits per heavy atom. The van der Waals surface area contributed by atoms with Crippen molar-refractivity contribution in [2.45, 2.75) is 6.92 Å². The summed E-state index contributed by atoms with van der Waals surface area (Å²) in [6, 6.07) is 1.75. The highest BCUT2D eigenvalue weighted by atomic mass is 32.1. The van der Waals surface area contributed by atoms with Gasteiger partial charge in [-0.05, 0) is 23.9 Å².